The van der Waals surface area contributed by atoms with Crippen molar-refractivity contribution in [1.82, 2.24) is 30.6 Å². The van der Waals surface area contributed by atoms with E-state index in [1.807, 2.05) is 49.8 Å². The molecule has 7 heteroatoms. The summed E-state index contributed by atoms with van der Waals surface area (Å²) in [5, 5.41) is 17.6. The van der Waals surface area contributed by atoms with Crippen LogP contribution in [0.15, 0.2) is 42.7 Å². The van der Waals surface area contributed by atoms with Crippen molar-refractivity contribution in [2.24, 2.45) is 7.05 Å². The number of hydrogen-bond donors (Lipinski definition) is 3. The number of aryl methyl sites for hydroxylation is 1. The van der Waals surface area contributed by atoms with E-state index in [1.54, 1.807) is 4.68 Å². The zero-order valence-electron chi connectivity index (χ0n) is 14.7. The molecule has 4 rings (SSSR count). The number of benzene rings is 1. The van der Waals surface area contributed by atoms with Crippen molar-refractivity contribution < 1.29 is 4.79 Å². The molecular weight excluding hydrogens is 328 g/mol. The number of aromatic amines is 1. The number of amides is 1. The molecule has 2 aromatic heterocycles. The Kier molecular flexibility index (Phi) is 4.53. The minimum Gasteiger partial charge on any atom is -0.347 e. The van der Waals surface area contributed by atoms with Crippen LogP contribution in [0.2, 0.25) is 0 Å². The summed E-state index contributed by atoms with van der Waals surface area (Å²) in [5.74, 6) is 0.263. The van der Waals surface area contributed by atoms with Gasteiger partial charge in [-0.3, -0.25) is 14.6 Å². The van der Waals surface area contributed by atoms with E-state index < -0.39 is 0 Å². The summed E-state index contributed by atoms with van der Waals surface area (Å²) in [6.07, 6.45) is 4.89. The van der Waals surface area contributed by atoms with Crippen LogP contribution >= 0.6 is 0 Å². The number of aromatic nitrogens is 4. The lowest BCUT2D eigenvalue weighted by Gasteiger charge is -2.05. The van der Waals surface area contributed by atoms with E-state index in [9.17, 15) is 4.79 Å². The largest absolute Gasteiger partial charge is 0.347 e. The topological polar surface area (TPSA) is 87.6 Å². The van der Waals surface area contributed by atoms with Gasteiger partial charge in [0.05, 0.1) is 6.20 Å². The number of carbonyl (C=O) groups is 1. The first kappa shape index (κ1) is 16.5. The van der Waals surface area contributed by atoms with Gasteiger partial charge in [-0.15, -0.1) is 0 Å². The van der Waals surface area contributed by atoms with Crippen molar-refractivity contribution in [3.05, 3.63) is 59.7 Å². The molecule has 0 spiro atoms. The standard InChI is InChI=1S/C19H22N6O/c1-25-12-16(11-22-25)14-4-2-13(3-5-14)9-21-19(26)18-8-17(23-24-18)15-6-7-20-10-15/h2-5,8,11-12,15,20H,6-7,9-10H2,1H3,(H,21,26)(H,23,24). The average Bonchev–Trinajstić information content (AvgIpc) is 3.40. The summed E-state index contributed by atoms with van der Waals surface area (Å²) >= 11 is 0. The highest BCUT2D eigenvalue weighted by molar-refractivity contribution is 5.92. The molecule has 0 saturated carbocycles. The van der Waals surface area contributed by atoms with Crippen LogP contribution < -0.4 is 10.6 Å². The third-order valence-corrected chi connectivity index (χ3v) is 4.78. The van der Waals surface area contributed by atoms with E-state index >= 15 is 0 Å². The highest BCUT2D eigenvalue weighted by atomic mass is 16.1. The van der Waals surface area contributed by atoms with Crippen molar-refractivity contribution >= 4 is 5.91 Å². The molecule has 1 aliphatic rings. The fourth-order valence-corrected chi connectivity index (χ4v) is 3.24. The zero-order chi connectivity index (χ0) is 17.9. The van der Waals surface area contributed by atoms with Gasteiger partial charge in [-0.25, -0.2) is 0 Å². The van der Waals surface area contributed by atoms with Crippen molar-refractivity contribution in [3.63, 3.8) is 0 Å². The molecule has 3 heterocycles. The first-order valence-electron chi connectivity index (χ1n) is 8.81. The lowest BCUT2D eigenvalue weighted by Crippen LogP contribution is -2.23. The first-order valence-corrected chi connectivity index (χ1v) is 8.81. The lowest BCUT2D eigenvalue weighted by molar-refractivity contribution is 0.0946. The summed E-state index contributed by atoms with van der Waals surface area (Å²) in [4.78, 5) is 12.3. The maximum Gasteiger partial charge on any atom is 0.272 e. The summed E-state index contributed by atoms with van der Waals surface area (Å²) in [5.41, 5.74) is 4.70. The van der Waals surface area contributed by atoms with Gasteiger partial charge in [-0.05, 0) is 30.2 Å². The fourth-order valence-electron chi connectivity index (χ4n) is 3.24. The molecule has 1 unspecified atom stereocenters. The monoisotopic (exact) mass is 350 g/mol. The number of nitrogens with zero attached hydrogens (tertiary/aromatic N) is 3. The van der Waals surface area contributed by atoms with Gasteiger partial charge in [0, 0.05) is 43.5 Å². The van der Waals surface area contributed by atoms with Crippen LogP contribution in [0.3, 0.4) is 0 Å². The van der Waals surface area contributed by atoms with Crippen molar-refractivity contribution in [2.75, 3.05) is 13.1 Å². The highest BCUT2D eigenvalue weighted by Gasteiger charge is 2.20. The molecule has 1 aromatic carbocycles. The first-order chi connectivity index (χ1) is 12.7. The van der Waals surface area contributed by atoms with E-state index in [0.29, 0.717) is 18.2 Å². The number of nitrogens with one attached hydrogen (secondary N) is 3. The minimum atomic E-state index is -0.158. The second-order valence-electron chi connectivity index (χ2n) is 6.68. The third-order valence-electron chi connectivity index (χ3n) is 4.78. The SMILES string of the molecule is Cn1cc(-c2ccc(CNC(=O)c3cc(C4CCNC4)[nH]n3)cc2)cn1. The predicted octanol–water partition coefficient (Wildman–Crippen LogP) is 1.82. The van der Waals surface area contributed by atoms with Gasteiger partial charge in [0.1, 0.15) is 5.69 Å². The second kappa shape index (κ2) is 7.13. The Morgan fingerprint density at radius 1 is 1.31 bits per heavy atom. The maximum absolute atomic E-state index is 12.3. The Morgan fingerprint density at radius 2 is 2.15 bits per heavy atom. The highest BCUT2D eigenvalue weighted by Crippen LogP contribution is 2.21. The number of H-pyrrole nitrogens is 1. The quantitative estimate of drug-likeness (QED) is 0.655. The predicted molar refractivity (Wildman–Crippen MR) is 98.6 cm³/mol. The van der Waals surface area contributed by atoms with Crippen molar-refractivity contribution in [3.8, 4) is 11.1 Å². The Balaban J connectivity index is 1.35. The lowest BCUT2D eigenvalue weighted by atomic mass is 10.1. The Hall–Kier alpha value is -2.93. The molecule has 1 atom stereocenters. The van der Waals surface area contributed by atoms with E-state index in [-0.39, 0.29) is 5.91 Å². The Morgan fingerprint density at radius 3 is 2.85 bits per heavy atom. The average molecular weight is 350 g/mol. The summed E-state index contributed by atoms with van der Waals surface area (Å²) < 4.78 is 1.78. The fraction of sp³-hybridized carbons (Fsp3) is 0.316. The molecule has 134 valence electrons. The summed E-state index contributed by atoms with van der Waals surface area (Å²) in [7, 11) is 1.90. The molecule has 0 radical (unpaired) electrons. The van der Waals surface area contributed by atoms with E-state index in [0.717, 1.165) is 41.9 Å². The van der Waals surface area contributed by atoms with Crippen LogP contribution in [0.4, 0.5) is 0 Å². The molecule has 1 fully saturated rings. The van der Waals surface area contributed by atoms with Crippen LogP contribution in [0.5, 0.6) is 0 Å². The smallest absolute Gasteiger partial charge is 0.272 e. The molecular formula is C19H22N6O. The van der Waals surface area contributed by atoms with Gasteiger partial charge in [0.2, 0.25) is 0 Å². The molecule has 1 saturated heterocycles. The van der Waals surface area contributed by atoms with Gasteiger partial charge in [0.25, 0.3) is 5.91 Å². The molecule has 1 amide bonds. The maximum atomic E-state index is 12.3. The molecule has 3 N–H and O–H groups in total. The second-order valence-corrected chi connectivity index (χ2v) is 6.68. The third kappa shape index (κ3) is 3.52. The van der Waals surface area contributed by atoms with Gasteiger partial charge < -0.3 is 10.6 Å². The summed E-state index contributed by atoms with van der Waals surface area (Å²) in [6.45, 7) is 2.42. The van der Waals surface area contributed by atoms with Gasteiger partial charge >= 0.3 is 0 Å². The van der Waals surface area contributed by atoms with Crippen LogP contribution in [0.1, 0.15) is 34.1 Å². The van der Waals surface area contributed by atoms with Crippen LogP contribution in [0, 0.1) is 0 Å². The van der Waals surface area contributed by atoms with Crippen LogP contribution in [0.25, 0.3) is 11.1 Å². The molecule has 1 aliphatic heterocycles. The van der Waals surface area contributed by atoms with Crippen LogP contribution in [-0.2, 0) is 13.6 Å². The van der Waals surface area contributed by atoms with Gasteiger partial charge in [-0.1, -0.05) is 24.3 Å². The van der Waals surface area contributed by atoms with Gasteiger partial charge in [-0.2, -0.15) is 10.2 Å². The van der Waals surface area contributed by atoms with Crippen molar-refractivity contribution in [1.29, 1.82) is 0 Å². The summed E-state index contributed by atoms with van der Waals surface area (Å²) in [6, 6.07) is 9.97. The van der Waals surface area contributed by atoms with Crippen LogP contribution in [-0.4, -0.2) is 39.0 Å². The Bertz CT molecular complexity index is 889. The Labute approximate surface area is 151 Å². The normalized spacial score (nSPS) is 16.7. The van der Waals surface area contributed by atoms with E-state index in [2.05, 4.69) is 25.9 Å². The number of carbonyl (C=O) groups excluding carboxylic acids is 1. The molecule has 26 heavy (non-hydrogen) atoms. The number of hydrogen-bond acceptors (Lipinski definition) is 4. The van der Waals surface area contributed by atoms with E-state index in [1.165, 1.54) is 0 Å². The minimum absolute atomic E-state index is 0.158. The van der Waals surface area contributed by atoms with Gasteiger partial charge in [0.15, 0.2) is 0 Å². The molecule has 0 aliphatic carbocycles. The molecule has 3 aromatic rings. The van der Waals surface area contributed by atoms with Crippen molar-refractivity contribution in [2.45, 2.75) is 18.9 Å². The van der Waals surface area contributed by atoms with E-state index in [4.69, 9.17) is 0 Å². The number of rotatable bonds is 5. The molecule has 7 nitrogen and oxygen atoms in total. The zero-order valence-corrected chi connectivity index (χ0v) is 14.7. The molecule has 0 bridgehead atoms.